The van der Waals surface area contributed by atoms with Gasteiger partial charge in [-0.1, -0.05) is 37.4 Å². The summed E-state index contributed by atoms with van der Waals surface area (Å²) in [5, 5.41) is 12.9. The molecule has 2 N–H and O–H groups in total. The molecule has 0 radical (unpaired) electrons. The quantitative estimate of drug-likeness (QED) is 0.349. The van der Waals surface area contributed by atoms with Gasteiger partial charge in [0.25, 0.3) is 0 Å². The Kier molecular flexibility index (Phi) is 8.05. The predicted octanol–water partition coefficient (Wildman–Crippen LogP) is 2.46. The molecule has 0 spiro atoms. The molecule has 0 aliphatic rings. The number of hydrogen-bond donors (Lipinski definition) is 2. The van der Waals surface area contributed by atoms with Crippen molar-refractivity contribution in [3.63, 3.8) is 0 Å². The van der Waals surface area contributed by atoms with E-state index in [2.05, 4.69) is 49.5 Å². The van der Waals surface area contributed by atoms with E-state index in [1.807, 2.05) is 4.68 Å². The maximum absolute atomic E-state index is 12.1. The van der Waals surface area contributed by atoms with Crippen LogP contribution in [0.15, 0.2) is 35.0 Å². The number of hydrogen-bond acceptors (Lipinski definition) is 9. The molecule has 0 aliphatic carbocycles. The number of rotatable bonds is 11. The van der Waals surface area contributed by atoms with E-state index in [-0.39, 0.29) is 11.7 Å². The van der Waals surface area contributed by atoms with Crippen LogP contribution in [-0.2, 0) is 11.3 Å². The maximum atomic E-state index is 12.1. The van der Waals surface area contributed by atoms with Crippen LogP contribution in [0.25, 0.3) is 11.0 Å². The predicted molar refractivity (Wildman–Crippen MR) is 116 cm³/mol. The Balaban J connectivity index is 1.60. The van der Waals surface area contributed by atoms with Gasteiger partial charge < -0.3 is 10.6 Å². The van der Waals surface area contributed by atoms with Crippen molar-refractivity contribution in [1.29, 1.82) is 0 Å². The molecule has 0 fully saturated rings. The lowest BCUT2D eigenvalue weighted by Gasteiger charge is -2.09. The van der Waals surface area contributed by atoms with Crippen molar-refractivity contribution in [3.8, 4) is 0 Å². The fourth-order valence-electron chi connectivity index (χ4n) is 2.51. The summed E-state index contributed by atoms with van der Waals surface area (Å²) in [6.45, 7) is 6.02. The average Bonchev–Trinajstić information content (AvgIpc) is 3.14. The Morgan fingerprint density at radius 2 is 1.93 bits per heavy atom. The second-order valence-corrected chi connectivity index (χ2v) is 8.16. The molecule has 3 rings (SSSR count). The SMILES string of the molecule is CCCNc1nc(SCC)nc2c1cnn2CCNC(=O)CSc1ncccn1. The first kappa shape index (κ1) is 21.3. The van der Waals surface area contributed by atoms with Crippen molar-refractivity contribution in [2.24, 2.45) is 0 Å². The topological polar surface area (TPSA) is 111 Å². The molecule has 3 aromatic heterocycles. The Labute approximate surface area is 177 Å². The van der Waals surface area contributed by atoms with E-state index in [1.54, 1.807) is 36.4 Å². The summed E-state index contributed by atoms with van der Waals surface area (Å²) in [6.07, 6.45) is 6.10. The van der Waals surface area contributed by atoms with E-state index >= 15 is 0 Å². The Hall–Kier alpha value is -2.40. The molecule has 1 amide bonds. The largest absolute Gasteiger partial charge is 0.369 e. The van der Waals surface area contributed by atoms with E-state index in [0.717, 1.165) is 40.7 Å². The highest BCUT2D eigenvalue weighted by Gasteiger charge is 2.13. The number of nitrogens with zero attached hydrogens (tertiary/aromatic N) is 6. The Morgan fingerprint density at radius 3 is 2.69 bits per heavy atom. The van der Waals surface area contributed by atoms with Gasteiger partial charge in [-0.2, -0.15) is 5.10 Å². The fraction of sp³-hybridized carbons (Fsp3) is 0.444. The molecule has 0 bridgehead atoms. The summed E-state index contributed by atoms with van der Waals surface area (Å²) >= 11 is 2.90. The van der Waals surface area contributed by atoms with E-state index in [9.17, 15) is 4.79 Å². The monoisotopic (exact) mass is 432 g/mol. The van der Waals surface area contributed by atoms with Gasteiger partial charge in [0.05, 0.1) is 23.9 Å². The number of carbonyl (C=O) groups is 1. The summed E-state index contributed by atoms with van der Waals surface area (Å²) in [5.74, 6) is 1.91. The van der Waals surface area contributed by atoms with Crippen molar-refractivity contribution in [1.82, 2.24) is 35.0 Å². The van der Waals surface area contributed by atoms with Gasteiger partial charge >= 0.3 is 0 Å². The van der Waals surface area contributed by atoms with Gasteiger partial charge in [0, 0.05) is 25.5 Å². The number of anilines is 1. The van der Waals surface area contributed by atoms with Gasteiger partial charge in [-0.05, 0) is 18.2 Å². The first-order valence-electron chi connectivity index (χ1n) is 9.48. The van der Waals surface area contributed by atoms with Crippen LogP contribution in [0, 0.1) is 0 Å². The van der Waals surface area contributed by atoms with Crippen molar-refractivity contribution >= 4 is 46.3 Å². The van der Waals surface area contributed by atoms with Crippen molar-refractivity contribution < 1.29 is 4.79 Å². The summed E-state index contributed by atoms with van der Waals surface area (Å²) in [4.78, 5) is 29.5. The molecule has 0 saturated heterocycles. The molecule has 0 aromatic carbocycles. The second kappa shape index (κ2) is 11.0. The molecule has 154 valence electrons. The van der Waals surface area contributed by atoms with E-state index in [1.165, 1.54) is 11.8 Å². The van der Waals surface area contributed by atoms with Gasteiger partial charge in [0.1, 0.15) is 5.82 Å². The molecule has 0 atom stereocenters. The molecule has 0 unspecified atom stereocenters. The molecule has 3 heterocycles. The molecule has 29 heavy (non-hydrogen) atoms. The standard InChI is InChI=1S/C18H24N8OS2/c1-3-6-20-15-13-11-23-26(16(13)25-18(24-15)28-4-2)10-9-19-14(27)12-29-17-21-7-5-8-22-17/h5,7-8,11H,3-4,6,9-10,12H2,1-2H3,(H,19,27)(H,20,24,25). The summed E-state index contributed by atoms with van der Waals surface area (Å²) in [7, 11) is 0. The lowest BCUT2D eigenvalue weighted by atomic mass is 10.3. The van der Waals surface area contributed by atoms with Gasteiger partial charge in [-0.25, -0.2) is 24.6 Å². The molecule has 9 nitrogen and oxygen atoms in total. The minimum Gasteiger partial charge on any atom is -0.369 e. The van der Waals surface area contributed by atoms with Crippen LogP contribution < -0.4 is 10.6 Å². The van der Waals surface area contributed by atoms with E-state index < -0.39 is 0 Å². The highest BCUT2D eigenvalue weighted by molar-refractivity contribution is 7.99. The van der Waals surface area contributed by atoms with Crippen molar-refractivity contribution in [2.75, 3.05) is 29.9 Å². The number of nitrogens with one attached hydrogen (secondary N) is 2. The number of thioether (sulfide) groups is 2. The third-order valence-electron chi connectivity index (χ3n) is 3.81. The van der Waals surface area contributed by atoms with Gasteiger partial charge in [-0.3, -0.25) is 4.79 Å². The lowest BCUT2D eigenvalue weighted by Crippen LogP contribution is -2.29. The Morgan fingerprint density at radius 1 is 1.10 bits per heavy atom. The van der Waals surface area contributed by atoms with Crippen molar-refractivity contribution in [2.45, 2.75) is 37.1 Å². The maximum Gasteiger partial charge on any atom is 0.230 e. The summed E-state index contributed by atoms with van der Waals surface area (Å²) in [5.41, 5.74) is 0.774. The first-order chi connectivity index (χ1) is 14.2. The molecule has 3 aromatic rings. The summed E-state index contributed by atoms with van der Waals surface area (Å²) < 4.78 is 1.81. The lowest BCUT2D eigenvalue weighted by molar-refractivity contribution is -0.118. The zero-order valence-electron chi connectivity index (χ0n) is 16.5. The number of aromatic nitrogens is 6. The molecular formula is C18H24N8OS2. The number of fused-ring (bicyclic) bond motifs is 1. The second-order valence-electron chi connectivity index (χ2n) is 5.99. The summed E-state index contributed by atoms with van der Waals surface area (Å²) in [6, 6.07) is 1.75. The third-order valence-corrected chi connectivity index (χ3v) is 5.42. The zero-order valence-corrected chi connectivity index (χ0v) is 18.1. The van der Waals surface area contributed by atoms with Crippen LogP contribution in [0.5, 0.6) is 0 Å². The fourth-order valence-corrected chi connectivity index (χ4v) is 3.71. The van der Waals surface area contributed by atoms with Crippen LogP contribution >= 0.6 is 23.5 Å². The van der Waals surface area contributed by atoms with Crippen LogP contribution in [0.3, 0.4) is 0 Å². The normalized spacial score (nSPS) is 11.0. The molecule has 11 heteroatoms. The van der Waals surface area contributed by atoms with Gasteiger partial charge in [-0.15, -0.1) is 0 Å². The molecular weight excluding hydrogens is 408 g/mol. The van der Waals surface area contributed by atoms with Crippen LogP contribution in [0.4, 0.5) is 5.82 Å². The van der Waals surface area contributed by atoms with E-state index in [4.69, 9.17) is 0 Å². The van der Waals surface area contributed by atoms with Gasteiger partial charge in [0.15, 0.2) is 16.0 Å². The third kappa shape index (κ3) is 6.04. The zero-order chi connectivity index (χ0) is 20.5. The first-order valence-corrected chi connectivity index (χ1v) is 11.4. The molecule has 0 saturated carbocycles. The molecule has 0 aliphatic heterocycles. The highest BCUT2D eigenvalue weighted by atomic mass is 32.2. The van der Waals surface area contributed by atoms with Crippen LogP contribution in [-0.4, -0.2) is 60.2 Å². The Bertz CT molecular complexity index is 934. The van der Waals surface area contributed by atoms with Crippen molar-refractivity contribution in [3.05, 3.63) is 24.7 Å². The van der Waals surface area contributed by atoms with Crippen LogP contribution in [0.2, 0.25) is 0 Å². The van der Waals surface area contributed by atoms with Gasteiger partial charge in [0.2, 0.25) is 5.91 Å². The minimum absolute atomic E-state index is 0.0685. The number of carbonyl (C=O) groups excluding carboxylic acids is 1. The highest BCUT2D eigenvalue weighted by Crippen LogP contribution is 2.24. The number of amides is 1. The van der Waals surface area contributed by atoms with Crippen LogP contribution in [0.1, 0.15) is 20.3 Å². The average molecular weight is 433 g/mol. The minimum atomic E-state index is -0.0685. The van der Waals surface area contributed by atoms with E-state index in [0.29, 0.717) is 18.2 Å². The smallest absolute Gasteiger partial charge is 0.230 e.